The number of sulfonamides is 1. The summed E-state index contributed by atoms with van der Waals surface area (Å²) in [6, 6.07) is 11.2. The number of piperidine rings is 1. The number of hydrogen-bond donors (Lipinski definition) is 0. The standard InChI is InChI=1S/C24H27N3O5S2/c1-4-27-20-12-9-18(23(29)32-3)14-21(20)33-24(27)25-22(28)17-7-10-19(11-8-17)34(30,31)26-13-5-6-16(2)15-26/h7-12,14,16H,4-6,13,15H2,1-3H3. The van der Waals surface area contributed by atoms with E-state index < -0.39 is 21.9 Å². The summed E-state index contributed by atoms with van der Waals surface area (Å²) in [7, 11) is -2.26. The van der Waals surface area contributed by atoms with Crippen LogP contribution in [0.2, 0.25) is 0 Å². The van der Waals surface area contributed by atoms with Gasteiger partial charge in [0.05, 0.1) is 27.8 Å². The monoisotopic (exact) mass is 501 g/mol. The molecule has 1 amide bonds. The summed E-state index contributed by atoms with van der Waals surface area (Å²) in [5.74, 6) is -0.557. The van der Waals surface area contributed by atoms with Gasteiger partial charge in [-0.3, -0.25) is 4.79 Å². The van der Waals surface area contributed by atoms with Crippen molar-refractivity contribution < 1.29 is 22.7 Å². The third-order valence-corrected chi connectivity index (χ3v) is 8.90. The molecule has 10 heteroatoms. The Hall–Kier alpha value is -2.82. The summed E-state index contributed by atoms with van der Waals surface area (Å²) in [6.07, 6.45) is 1.88. The van der Waals surface area contributed by atoms with Gasteiger partial charge in [0, 0.05) is 25.2 Å². The predicted molar refractivity (Wildman–Crippen MR) is 130 cm³/mol. The number of nitrogens with zero attached hydrogens (tertiary/aromatic N) is 3. The molecular formula is C24H27N3O5S2. The maximum atomic E-state index is 13.0. The van der Waals surface area contributed by atoms with Gasteiger partial charge in [-0.05, 0) is 68.1 Å². The summed E-state index contributed by atoms with van der Waals surface area (Å²) in [5.41, 5.74) is 1.60. The van der Waals surface area contributed by atoms with E-state index in [9.17, 15) is 18.0 Å². The molecule has 180 valence electrons. The van der Waals surface area contributed by atoms with Crippen molar-refractivity contribution in [3.05, 3.63) is 58.4 Å². The summed E-state index contributed by atoms with van der Waals surface area (Å²) in [6.45, 7) is 5.63. The molecule has 1 aliphatic rings. The number of aromatic nitrogens is 1. The number of hydrogen-bond acceptors (Lipinski definition) is 6. The molecule has 1 aromatic heterocycles. The largest absolute Gasteiger partial charge is 0.465 e. The SMILES string of the molecule is CCn1c(=NC(=O)c2ccc(S(=O)(=O)N3CCCC(C)C3)cc2)sc2cc(C(=O)OC)ccc21. The molecule has 1 saturated heterocycles. The average Bonchev–Trinajstić information content (AvgIpc) is 3.19. The van der Waals surface area contributed by atoms with Gasteiger partial charge in [0.15, 0.2) is 4.80 Å². The highest BCUT2D eigenvalue weighted by Gasteiger charge is 2.28. The number of esters is 1. The van der Waals surface area contributed by atoms with E-state index in [1.165, 1.54) is 47.0 Å². The Bertz CT molecular complexity index is 1400. The summed E-state index contributed by atoms with van der Waals surface area (Å²) in [4.78, 5) is 29.7. The molecule has 2 heterocycles. The highest BCUT2D eigenvalue weighted by Crippen LogP contribution is 2.24. The van der Waals surface area contributed by atoms with Crippen molar-refractivity contribution in [2.45, 2.75) is 38.1 Å². The molecule has 0 spiro atoms. The first-order valence-electron chi connectivity index (χ1n) is 11.2. The molecule has 2 aromatic carbocycles. The third kappa shape index (κ3) is 4.70. The van der Waals surface area contributed by atoms with Crippen LogP contribution in [0, 0.1) is 5.92 Å². The summed E-state index contributed by atoms with van der Waals surface area (Å²) < 4.78 is 35.0. The second-order valence-corrected chi connectivity index (χ2v) is 11.3. The van der Waals surface area contributed by atoms with E-state index >= 15 is 0 Å². The fourth-order valence-corrected chi connectivity index (χ4v) is 6.87. The van der Waals surface area contributed by atoms with Gasteiger partial charge in [0.1, 0.15) is 0 Å². The van der Waals surface area contributed by atoms with Crippen LogP contribution in [-0.2, 0) is 21.3 Å². The molecule has 0 N–H and O–H groups in total. The molecule has 3 aromatic rings. The lowest BCUT2D eigenvalue weighted by atomic mass is 10.0. The Labute approximate surface area is 202 Å². The maximum absolute atomic E-state index is 13.0. The van der Waals surface area contributed by atoms with Gasteiger partial charge in [0.2, 0.25) is 10.0 Å². The van der Waals surface area contributed by atoms with Crippen LogP contribution in [0.4, 0.5) is 0 Å². The van der Waals surface area contributed by atoms with Gasteiger partial charge in [-0.15, -0.1) is 0 Å². The topological polar surface area (TPSA) is 98.0 Å². The van der Waals surface area contributed by atoms with Crippen LogP contribution in [0.15, 0.2) is 52.4 Å². The Balaban J connectivity index is 1.63. The van der Waals surface area contributed by atoms with Crippen molar-refractivity contribution in [3.8, 4) is 0 Å². The van der Waals surface area contributed by atoms with E-state index in [0.717, 1.165) is 23.1 Å². The Kier molecular flexibility index (Phi) is 7.01. The molecule has 1 aliphatic heterocycles. The molecule has 8 nitrogen and oxygen atoms in total. The number of benzene rings is 2. The fraction of sp³-hybridized carbons (Fsp3) is 0.375. The number of thiazole rings is 1. The number of ether oxygens (including phenoxy) is 1. The first-order chi connectivity index (χ1) is 16.2. The number of fused-ring (bicyclic) bond motifs is 1. The van der Waals surface area contributed by atoms with Crippen molar-refractivity contribution in [1.29, 1.82) is 0 Å². The van der Waals surface area contributed by atoms with Gasteiger partial charge in [-0.1, -0.05) is 18.3 Å². The molecule has 1 unspecified atom stereocenters. The zero-order chi connectivity index (χ0) is 24.5. The van der Waals surface area contributed by atoms with Crippen molar-refractivity contribution in [2.75, 3.05) is 20.2 Å². The van der Waals surface area contributed by atoms with Crippen LogP contribution in [0.25, 0.3) is 10.2 Å². The zero-order valence-corrected chi connectivity index (χ0v) is 21.0. The highest BCUT2D eigenvalue weighted by atomic mass is 32.2. The van der Waals surface area contributed by atoms with Crippen LogP contribution in [0.3, 0.4) is 0 Å². The van der Waals surface area contributed by atoms with Crippen LogP contribution in [0.5, 0.6) is 0 Å². The van der Waals surface area contributed by atoms with Crippen molar-refractivity contribution >= 4 is 43.5 Å². The number of carbonyl (C=O) groups is 2. The second kappa shape index (κ2) is 9.81. The molecule has 1 atom stereocenters. The first kappa shape index (κ1) is 24.3. The van der Waals surface area contributed by atoms with E-state index in [1.54, 1.807) is 12.1 Å². The van der Waals surface area contributed by atoms with E-state index in [0.29, 0.717) is 41.5 Å². The van der Waals surface area contributed by atoms with E-state index in [2.05, 4.69) is 11.9 Å². The number of methoxy groups -OCH3 is 1. The quantitative estimate of drug-likeness (QED) is 0.497. The number of amides is 1. The Morgan fingerprint density at radius 3 is 2.50 bits per heavy atom. The molecule has 1 fully saturated rings. The molecule has 0 bridgehead atoms. The van der Waals surface area contributed by atoms with Crippen LogP contribution >= 0.6 is 11.3 Å². The van der Waals surface area contributed by atoms with Crippen LogP contribution < -0.4 is 4.80 Å². The molecule has 0 radical (unpaired) electrons. The lowest BCUT2D eigenvalue weighted by Gasteiger charge is -2.30. The maximum Gasteiger partial charge on any atom is 0.337 e. The van der Waals surface area contributed by atoms with E-state index in [4.69, 9.17) is 4.74 Å². The second-order valence-electron chi connectivity index (χ2n) is 8.35. The molecular weight excluding hydrogens is 474 g/mol. The van der Waals surface area contributed by atoms with Gasteiger partial charge in [-0.2, -0.15) is 9.30 Å². The highest BCUT2D eigenvalue weighted by molar-refractivity contribution is 7.89. The minimum Gasteiger partial charge on any atom is -0.465 e. The van der Waals surface area contributed by atoms with Gasteiger partial charge >= 0.3 is 5.97 Å². The van der Waals surface area contributed by atoms with Crippen molar-refractivity contribution in [3.63, 3.8) is 0 Å². The fourth-order valence-electron chi connectivity index (χ4n) is 4.14. The lowest BCUT2D eigenvalue weighted by Crippen LogP contribution is -2.39. The first-order valence-corrected chi connectivity index (χ1v) is 13.4. The van der Waals surface area contributed by atoms with Crippen LogP contribution in [-0.4, -0.2) is 49.4 Å². The van der Waals surface area contributed by atoms with Gasteiger partial charge in [0.25, 0.3) is 5.91 Å². The minimum absolute atomic E-state index is 0.180. The predicted octanol–water partition coefficient (Wildman–Crippen LogP) is 3.67. The smallest absolute Gasteiger partial charge is 0.337 e. The van der Waals surface area contributed by atoms with E-state index in [-0.39, 0.29) is 4.90 Å². The van der Waals surface area contributed by atoms with Crippen molar-refractivity contribution in [1.82, 2.24) is 8.87 Å². The molecule has 4 rings (SSSR count). The third-order valence-electron chi connectivity index (χ3n) is 5.98. The van der Waals surface area contributed by atoms with Crippen molar-refractivity contribution in [2.24, 2.45) is 10.9 Å². The number of aryl methyl sites for hydroxylation is 1. The molecule has 0 aliphatic carbocycles. The van der Waals surface area contributed by atoms with E-state index in [1.807, 2.05) is 17.6 Å². The number of carbonyl (C=O) groups excluding carboxylic acids is 2. The Morgan fingerprint density at radius 2 is 1.85 bits per heavy atom. The number of rotatable bonds is 5. The zero-order valence-electron chi connectivity index (χ0n) is 19.4. The Morgan fingerprint density at radius 1 is 1.15 bits per heavy atom. The van der Waals surface area contributed by atoms with Crippen LogP contribution in [0.1, 0.15) is 47.4 Å². The molecule has 0 saturated carbocycles. The van der Waals surface area contributed by atoms with Gasteiger partial charge < -0.3 is 9.30 Å². The minimum atomic E-state index is -3.59. The summed E-state index contributed by atoms with van der Waals surface area (Å²) in [5, 5.41) is 0. The average molecular weight is 502 g/mol. The normalized spacial score (nSPS) is 17.7. The lowest BCUT2D eigenvalue weighted by molar-refractivity contribution is 0.0600. The van der Waals surface area contributed by atoms with Gasteiger partial charge in [-0.25, -0.2) is 13.2 Å². The summed E-state index contributed by atoms with van der Waals surface area (Å²) >= 11 is 1.31. The molecule has 34 heavy (non-hydrogen) atoms.